The van der Waals surface area contributed by atoms with Crippen molar-refractivity contribution in [2.45, 2.75) is 111 Å². The van der Waals surface area contributed by atoms with E-state index in [4.69, 9.17) is 0 Å². The summed E-state index contributed by atoms with van der Waals surface area (Å²) < 4.78 is 0. The van der Waals surface area contributed by atoms with Crippen LogP contribution < -0.4 is 0 Å². The average Bonchev–Trinajstić information content (AvgIpc) is 2.57. The molecule has 0 radical (unpaired) electrons. The molecule has 0 fully saturated rings. The molecule has 0 aromatic heterocycles. The topological polar surface area (TPSA) is 40.5 Å². The maximum atomic E-state index is 9.62. The van der Waals surface area contributed by atoms with Crippen molar-refractivity contribution in [1.82, 2.24) is 0 Å². The Morgan fingerprint density at radius 3 is 1.13 bits per heavy atom. The van der Waals surface area contributed by atoms with Gasteiger partial charge in [-0.25, -0.2) is 0 Å². The minimum Gasteiger partial charge on any atom is -0.396 e. The molecule has 2 N–H and O–H groups in total. The predicted molar refractivity (Wildman–Crippen MR) is 102 cm³/mol. The first-order chi connectivity index (χ1) is 10.9. The van der Waals surface area contributed by atoms with E-state index in [1.807, 2.05) is 0 Å². The Bertz CT molecular complexity index is 241. The third-order valence-corrected chi connectivity index (χ3v) is 5.59. The molecule has 0 aliphatic rings. The SMILES string of the molecule is CCCCC(C)(CO)CCCCCCCC(C)(CO)CCCC. The minimum absolute atomic E-state index is 0.144. The first kappa shape index (κ1) is 22.9. The van der Waals surface area contributed by atoms with Gasteiger partial charge >= 0.3 is 0 Å². The molecule has 2 atom stereocenters. The molecule has 0 aliphatic heterocycles. The summed E-state index contributed by atoms with van der Waals surface area (Å²) in [6, 6.07) is 0. The van der Waals surface area contributed by atoms with Crippen molar-refractivity contribution < 1.29 is 10.2 Å². The van der Waals surface area contributed by atoms with Gasteiger partial charge in [0.25, 0.3) is 0 Å². The number of rotatable bonds is 16. The molecule has 2 heteroatoms. The number of hydrogen-bond acceptors (Lipinski definition) is 2. The van der Waals surface area contributed by atoms with Crippen molar-refractivity contribution in [1.29, 1.82) is 0 Å². The van der Waals surface area contributed by atoms with Crippen LogP contribution in [0.3, 0.4) is 0 Å². The van der Waals surface area contributed by atoms with Crippen molar-refractivity contribution >= 4 is 0 Å². The highest BCUT2D eigenvalue weighted by molar-refractivity contribution is 4.74. The van der Waals surface area contributed by atoms with Gasteiger partial charge in [0.15, 0.2) is 0 Å². The van der Waals surface area contributed by atoms with Crippen LogP contribution in [0.1, 0.15) is 111 Å². The second-order valence-corrected chi connectivity index (χ2v) is 8.41. The van der Waals surface area contributed by atoms with E-state index in [1.165, 1.54) is 57.8 Å². The fraction of sp³-hybridized carbons (Fsp3) is 1.00. The van der Waals surface area contributed by atoms with E-state index in [9.17, 15) is 10.2 Å². The molecule has 0 rings (SSSR count). The van der Waals surface area contributed by atoms with Gasteiger partial charge in [-0.3, -0.25) is 0 Å². The van der Waals surface area contributed by atoms with Crippen LogP contribution in [0.4, 0.5) is 0 Å². The summed E-state index contributed by atoms with van der Waals surface area (Å²) in [5.41, 5.74) is 0.289. The summed E-state index contributed by atoms with van der Waals surface area (Å²) in [5.74, 6) is 0. The molecular formula is C21H44O2. The molecule has 0 aromatic rings. The van der Waals surface area contributed by atoms with Gasteiger partial charge in [-0.05, 0) is 36.5 Å². The lowest BCUT2D eigenvalue weighted by atomic mass is 9.80. The van der Waals surface area contributed by atoms with Crippen LogP contribution in [-0.2, 0) is 0 Å². The van der Waals surface area contributed by atoms with Gasteiger partial charge in [0.2, 0.25) is 0 Å². The summed E-state index contributed by atoms with van der Waals surface area (Å²) in [5, 5.41) is 19.2. The van der Waals surface area contributed by atoms with Crippen LogP contribution in [0.2, 0.25) is 0 Å². The molecule has 0 spiro atoms. The summed E-state index contributed by atoms with van der Waals surface area (Å²) in [7, 11) is 0. The summed E-state index contributed by atoms with van der Waals surface area (Å²) in [4.78, 5) is 0. The molecule has 0 aliphatic carbocycles. The smallest absolute Gasteiger partial charge is 0.0484 e. The molecule has 0 aromatic carbocycles. The van der Waals surface area contributed by atoms with Gasteiger partial charge in [0.05, 0.1) is 0 Å². The molecule has 2 unspecified atom stereocenters. The molecule has 0 saturated heterocycles. The third-order valence-electron chi connectivity index (χ3n) is 5.59. The highest BCUT2D eigenvalue weighted by Gasteiger charge is 2.23. The van der Waals surface area contributed by atoms with Gasteiger partial charge in [-0.1, -0.05) is 85.5 Å². The number of hydrogen-bond donors (Lipinski definition) is 2. The van der Waals surface area contributed by atoms with E-state index in [-0.39, 0.29) is 10.8 Å². The van der Waals surface area contributed by atoms with E-state index >= 15 is 0 Å². The standard InChI is InChI=1S/C21H44O2/c1-5-7-14-20(3,18-22)16-12-10-9-11-13-17-21(4,19-23)15-8-6-2/h22-23H,5-19H2,1-4H3. The molecule has 0 amide bonds. The molecular weight excluding hydrogens is 284 g/mol. The summed E-state index contributed by atoms with van der Waals surface area (Å²) in [6.45, 7) is 9.58. The lowest BCUT2D eigenvalue weighted by molar-refractivity contribution is 0.114. The van der Waals surface area contributed by atoms with Crippen molar-refractivity contribution in [2.24, 2.45) is 10.8 Å². The number of aliphatic hydroxyl groups is 2. The monoisotopic (exact) mass is 328 g/mol. The highest BCUT2D eigenvalue weighted by Crippen LogP contribution is 2.32. The highest BCUT2D eigenvalue weighted by atomic mass is 16.3. The predicted octanol–water partition coefficient (Wildman–Crippen LogP) is 6.09. The van der Waals surface area contributed by atoms with Gasteiger partial charge in [0.1, 0.15) is 0 Å². The Morgan fingerprint density at radius 2 is 0.826 bits per heavy atom. The van der Waals surface area contributed by atoms with E-state index < -0.39 is 0 Å². The first-order valence-corrected chi connectivity index (χ1v) is 10.2. The quantitative estimate of drug-likeness (QED) is 0.336. The Kier molecular flexibility index (Phi) is 13.2. The lowest BCUT2D eigenvalue weighted by Crippen LogP contribution is -2.21. The molecule has 0 bridgehead atoms. The van der Waals surface area contributed by atoms with Gasteiger partial charge in [-0.2, -0.15) is 0 Å². The zero-order valence-corrected chi connectivity index (χ0v) is 16.5. The first-order valence-electron chi connectivity index (χ1n) is 10.2. The van der Waals surface area contributed by atoms with Crippen LogP contribution in [0.25, 0.3) is 0 Å². The fourth-order valence-electron chi connectivity index (χ4n) is 3.41. The van der Waals surface area contributed by atoms with Crippen LogP contribution in [0.5, 0.6) is 0 Å². The normalized spacial score (nSPS) is 17.0. The summed E-state index contributed by atoms with van der Waals surface area (Å²) >= 11 is 0. The second kappa shape index (κ2) is 13.2. The second-order valence-electron chi connectivity index (χ2n) is 8.41. The van der Waals surface area contributed by atoms with Crippen molar-refractivity contribution in [2.75, 3.05) is 13.2 Å². The number of unbranched alkanes of at least 4 members (excludes halogenated alkanes) is 6. The largest absolute Gasteiger partial charge is 0.396 e. The zero-order valence-electron chi connectivity index (χ0n) is 16.5. The fourth-order valence-corrected chi connectivity index (χ4v) is 3.41. The molecule has 2 nitrogen and oxygen atoms in total. The minimum atomic E-state index is 0.144. The maximum Gasteiger partial charge on any atom is 0.0484 e. The van der Waals surface area contributed by atoms with Crippen molar-refractivity contribution in [3.8, 4) is 0 Å². The van der Waals surface area contributed by atoms with E-state index in [0.29, 0.717) is 13.2 Å². The van der Waals surface area contributed by atoms with Crippen LogP contribution in [0, 0.1) is 10.8 Å². The van der Waals surface area contributed by atoms with Gasteiger partial charge in [0, 0.05) is 13.2 Å². The van der Waals surface area contributed by atoms with E-state index in [0.717, 1.165) is 25.7 Å². The molecule has 0 heterocycles. The average molecular weight is 329 g/mol. The van der Waals surface area contributed by atoms with Gasteiger partial charge in [-0.15, -0.1) is 0 Å². The Hall–Kier alpha value is -0.0800. The Morgan fingerprint density at radius 1 is 0.522 bits per heavy atom. The lowest BCUT2D eigenvalue weighted by Gasteiger charge is -2.28. The Balaban J connectivity index is 3.75. The third kappa shape index (κ3) is 11.2. The molecule has 0 saturated carbocycles. The molecule has 23 heavy (non-hydrogen) atoms. The summed E-state index contributed by atoms with van der Waals surface area (Å²) in [6.07, 6.45) is 15.9. The zero-order chi connectivity index (χ0) is 17.6. The van der Waals surface area contributed by atoms with Crippen molar-refractivity contribution in [3.05, 3.63) is 0 Å². The van der Waals surface area contributed by atoms with E-state index in [1.54, 1.807) is 0 Å². The number of aliphatic hydroxyl groups excluding tert-OH is 2. The van der Waals surface area contributed by atoms with Crippen LogP contribution in [0.15, 0.2) is 0 Å². The van der Waals surface area contributed by atoms with E-state index in [2.05, 4.69) is 27.7 Å². The maximum absolute atomic E-state index is 9.62. The molecule has 140 valence electrons. The van der Waals surface area contributed by atoms with Crippen LogP contribution >= 0.6 is 0 Å². The Labute approximate surface area is 146 Å². The van der Waals surface area contributed by atoms with Gasteiger partial charge < -0.3 is 10.2 Å². The van der Waals surface area contributed by atoms with Crippen LogP contribution in [-0.4, -0.2) is 23.4 Å². The van der Waals surface area contributed by atoms with Crippen molar-refractivity contribution in [3.63, 3.8) is 0 Å².